The van der Waals surface area contributed by atoms with Crippen LogP contribution in [0.4, 0.5) is 0 Å². The van der Waals surface area contributed by atoms with Crippen molar-refractivity contribution in [3.05, 3.63) is 66.0 Å². The second-order valence-corrected chi connectivity index (χ2v) is 5.47. The standard InChI is InChI=1S/C17H21N5O/c1-21-9-8-18-17(21)16(14-6-4-5-7-15(14)23-3)19-10-13-11-20-22(2)12-13/h4-9,11-12,16,19H,10H2,1-3H3/t16-/m1/s1. The fourth-order valence-electron chi connectivity index (χ4n) is 2.68. The molecule has 3 aromatic rings. The van der Waals surface area contributed by atoms with Gasteiger partial charge in [-0.05, 0) is 6.07 Å². The van der Waals surface area contributed by atoms with Crippen molar-refractivity contribution in [1.29, 1.82) is 0 Å². The van der Waals surface area contributed by atoms with Gasteiger partial charge in [-0.15, -0.1) is 0 Å². The number of hydrogen-bond donors (Lipinski definition) is 1. The predicted molar refractivity (Wildman–Crippen MR) is 88.1 cm³/mol. The fourth-order valence-corrected chi connectivity index (χ4v) is 2.68. The zero-order chi connectivity index (χ0) is 16.2. The van der Waals surface area contributed by atoms with Crippen LogP contribution in [0.15, 0.2) is 49.1 Å². The summed E-state index contributed by atoms with van der Waals surface area (Å²) >= 11 is 0. The molecule has 0 spiro atoms. The second-order valence-electron chi connectivity index (χ2n) is 5.47. The number of ether oxygens (including phenoxy) is 1. The maximum Gasteiger partial charge on any atom is 0.130 e. The van der Waals surface area contributed by atoms with E-state index in [1.54, 1.807) is 11.8 Å². The molecular formula is C17H21N5O. The molecular weight excluding hydrogens is 290 g/mol. The maximum absolute atomic E-state index is 5.53. The molecule has 2 heterocycles. The normalized spacial score (nSPS) is 12.3. The van der Waals surface area contributed by atoms with Gasteiger partial charge in [-0.1, -0.05) is 18.2 Å². The van der Waals surface area contributed by atoms with Gasteiger partial charge in [0.25, 0.3) is 0 Å². The zero-order valence-corrected chi connectivity index (χ0v) is 13.6. The summed E-state index contributed by atoms with van der Waals surface area (Å²) in [5, 5.41) is 7.78. The molecule has 3 rings (SSSR count). The van der Waals surface area contributed by atoms with E-state index in [-0.39, 0.29) is 6.04 Å². The van der Waals surface area contributed by atoms with Crippen molar-refractivity contribution in [3.8, 4) is 5.75 Å². The average molecular weight is 311 g/mol. The van der Waals surface area contributed by atoms with Gasteiger partial charge in [0.1, 0.15) is 11.6 Å². The van der Waals surface area contributed by atoms with Crippen LogP contribution >= 0.6 is 0 Å². The molecule has 0 bridgehead atoms. The molecule has 23 heavy (non-hydrogen) atoms. The smallest absolute Gasteiger partial charge is 0.130 e. The van der Waals surface area contributed by atoms with Gasteiger partial charge in [-0.3, -0.25) is 10.00 Å². The third-order valence-electron chi connectivity index (χ3n) is 3.84. The quantitative estimate of drug-likeness (QED) is 0.757. The minimum Gasteiger partial charge on any atom is -0.496 e. The highest BCUT2D eigenvalue weighted by Crippen LogP contribution is 2.29. The highest BCUT2D eigenvalue weighted by molar-refractivity contribution is 5.39. The summed E-state index contributed by atoms with van der Waals surface area (Å²) < 4.78 is 9.35. The van der Waals surface area contributed by atoms with E-state index in [1.165, 1.54) is 0 Å². The summed E-state index contributed by atoms with van der Waals surface area (Å²) in [7, 11) is 5.60. The Morgan fingerprint density at radius 2 is 2.09 bits per heavy atom. The number of imidazole rings is 1. The lowest BCUT2D eigenvalue weighted by molar-refractivity contribution is 0.401. The Morgan fingerprint density at radius 3 is 2.74 bits per heavy atom. The van der Waals surface area contributed by atoms with Gasteiger partial charge in [-0.25, -0.2) is 4.98 Å². The summed E-state index contributed by atoms with van der Waals surface area (Å²) in [5.74, 6) is 1.79. The highest BCUT2D eigenvalue weighted by Gasteiger charge is 2.21. The minimum absolute atomic E-state index is 0.0636. The molecule has 6 heteroatoms. The number of rotatable bonds is 6. The van der Waals surface area contributed by atoms with E-state index < -0.39 is 0 Å². The SMILES string of the molecule is COc1ccccc1[C@@H](NCc1cnn(C)c1)c1nccn1C. The van der Waals surface area contributed by atoms with Crippen molar-refractivity contribution in [2.45, 2.75) is 12.6 Å². The number of nitrogens with zero attached hydrogens (tertiary/aromatic N) is 4. The lowest BCUT2D eigenvalue weighted by Gasteiger charge is -2.21. The van der Waals surface area contributed by atoms with E-state index in [0.717, 1.165) is 22.7 Å². The molecule has 0 saturated carbocycles. The van der Waals surface area contributed by atoms with Crippen LogP contribution in [0.3, 0.4) is 0 Å². The number of nitrogens with one attached hydrogen (secondary N) is 1. The first-order valence-corrected chi connectivity index (χ1v) is 7.50. The Hall–Kier alpha value is -2.60. The molecule has 0 aliphatic heterocycles. The van der Waals surface area contributed by atoms with Crippen LogP contribution in [-0.2, 0) is 20.6 Å². The van der Waals surface area contributed by atoms with Crippen LogP contribution in [0.5, 0.6) is 5.75 Å². The summed E-state index contributed by atoms with van der Waals surface area (Å²) in [6.07, 6.45) is 7.63. The molecule has 1 aromatic carbocycles. The highest BCUT2D eigenvalue weighted by atomic mass is 16.5. The molecule has 1 N–H and O–H groups in total. The number of para-hydroxylation sites is 1. The van der Waals surface area contributed by atoms with Gasteiger partial charge in [0.15, 0.2) is 0 Å². The predicted octanol–water partition coefficient (Wildman–Crippen LogP) is 2.04. The molecule has 0 unspecified atom stereocenters. The number of hydrogen-bond acceptors (Lipinski definition) is 4. The lowest BCUT2D eigenvalue weighted by Crippen LogP contribution is -2.25. The van der Waals surface area contributed by atoms with E-state index >= 15 is 0 Å². The van der Waals surface area contributed by atoms with Crippen LogP contribution in [0.2, 0.25) is 0 Å². The Labute approximate surface area is 135 Å². The van der Waals surface area contributed by atoms with Crippen LogP contribution in [-0.4, -0.2) is 26.4 Å². The molecule has 0 aliphatic rings. The van der Waals surface area contributed by atoms with Crippen molar-refractivity contribution in [3.63, 3.8) is 0 Å². The van der Waals surface area contributed by atoms with Crippen LogP contribution in [0.25, 0.3) is 0 Å². The first-order valence-electron chi connectivity index (χ1n) is 7.50. The third kappa shape index (κ3) is 3.27. The number of aryl methyl sites for hydroxylation is 2. The first kappa shape index (κ1) is 15.3. The fraction of sp³-hybridized carbons (Fsp3) is 0.294. The molecule has 1 atom stereocenters. The number of methoxy groups -OCH3 is 1. The van der Waals surface area contributed by atoms with Crippen molar-refractivity contribution in [2.24, 2.45) is 14.1 Å². The lowest BCUT2D eigenvalue weighted by atomic mass is 10.0. The van der Waals surface area contributed by atoms with Gasteiger partial charge in [-0.2, -0.15) is 5.10 Å². The van der Waals surface area contributed by atoms with E-state index in [0.29, 0.717) is 6.54 Å². The van der Waals surface area contributed by atoms with E-state index in [9.17, 15) is 0 Å². The van der Waals surface area contributed by atoms with Crippen LogP contribution in [0.1, 0.15) is 23.0 Å². The van der Waals surface area contributed by atoms with Gasteiger partial charge in [0.2, 0.25) is 0 Å². The molecule has 0 saturated heterocycles. The van der Waals surface area contributed by atoms with Crippen molar-refractivity contribution in [2.75, 3.05) is 7.11 Å². The monoisotopic (exact) mass is 311 g/mol. The van der Waals surface area contributed by atoms with Gasteiger partial charge >= 0.3 is 0 Å². The van der Waals surface area contributed by atoms with Gasteiger partial charge in [0.05, 0.1) is 19.3 Å². The third-order valence-corrected chi connectivity index (χ3v) is 3.84. The molecule has 2 aromatic heterocycles. The Kier molecular flexibility index (Phi) is 4.43. The summed E-state index contributed by atoms with van der Waals surface area (Å²) in [6, 6.07) is 7.95. The minimum atomic E-state index is -0.0636. The van der Waals surface area contributed by atoms with E-state index in [4.69, 9.17) is 4.74 Å². The zero-order valence-electron chi connectivity index (χ0n) is 13.6. The molecule has 0 fully saturated rings. The Bertz CT molecular complexity index is 777. The molecule has 0 amide bonds. The first-order chi connectivity index (χ1) is 11.2. The largest absolute Gasteiger partial charge is 0.496 e. The Morgan fingerprint density at radius 1 is 1.26 bits per heavy atom. The summed E-state index contributed by atoms with van der Waals surface area (Å²) in [4.78, 5) is 4.51. The van der Waals surface area contributed by atoms with Crippen LogP contribution in [0, 0.1) is 0 Å². The maximum atomic E-state index is 5.53. The summed E-state index contributed by atoms with van der Waals surface area (Å²) in [5.41, 5.74) is 2.19. The van der Waals surface area contributed by atoms with Crippen molar-refractivity contribution in [1.82, 2.24) is 24.6 Å². The summed E-state index contributed by atoms with van der Waals surface area (Å²) in [6.45, 7) is 0.698. The number of benzene rings is 1. The number of aromatic nitrogens is 4. The van der Waals surface area contributed by atoms with Crippen molar-refractivity contribution >= 4 is 0 Å². The van der Waals surface area contributed by atoms with E-state index in [2.05, 4.69) is 21.5 Å². The molecule has 6 nitrogen and oxygen atoms in total. The molecule has 0 radical (unpaired) electrons. The molecule has 120 valence electrons. The van der Waals surface area contributed by atoms with Gasteiger partial charge < -0.3 is 9.30 Å². The second kappa shape index (κ2) is 6.66. The topological polar surface area (TPSA) is 56.9 Å². The Balaban J connectivity index is 1.92. The van der Waals surface area contributed by atoms with Crippen LogP contribution < -0.4 is 10.1 Å². The molecule has 0 aliphatic carbocycles. The van der Waals surface area contributed by atoms with Gasteiger partial charge in [0, 0.05) is 50.4 Å². The average Bonchev–Trinajstić information content (AvgIpc) is 3.17. The van der Waals surface area contributed by atoms with E-state index in [1.807, 2.05) is 61.6 Å². The van der Waals surface area contributed by atoms with Crippen molar-refractivity contribution < 1.29 is 4.74 Å².